The second kappa shape index (κ2) is 8.18. The monoisotopic (exact) mass is 412 g/mol. The molecule has 0 spiro atoms. The molecule has 5 rings (SSSR count). The molecule has 7 nitrogen and oxygen atoms in total. The van der Waals surface area contributed by atoms with Crippen molar-refractivity contribution in [1.29, 1.82) is 0 Å². The Labute approximate surface area is 181 Å². The maximum Gasteiger partial charge on any atom is 0.238 e. The summed E-state index contributed by atoms with van der Waals surface area (Å²) in [6.45, 7) is 2.86. The van der Waals surface area contributed by atoms with Gasteiger partial charge in [0, 0.05) is 18.7 Å². The molecule has 0 saturated carbocycles. The number of fused-ring (bicyclic) bond motifs is 1. The van der Waals surface area contributed by atoms with Crippen LogP contribution in [-0.4, -0.2) is 36.4 Å². The van der Waals surface area contributed by atoms with Gasteiger partial charge < -0.3 is 9.30 Å². The van der Waals surface area contributed by atoms with Crippen molar-refractivity contribution < 1.29 is 4.74 Å². The van der Waals surface area contributed by atoms with Crippen LogP contribution in [0.4, 0.5) is 0 Å². The van der Waals surface area contributed by atoms with Crippen molar-refractivity contribution in [3.63, 3.8) is 0 Å². The fourth-order valence-electron chi connectivity index (χ4n) is 4.04. The maximum absolute atomic E-state index is 5.50. The standard InChI is InChI=1S/C24H24N6O/c1-17-15-29(16-25-17)21-12-10-19(26-24(21)31-2)11-13-22-27-23-20(9-6-14-30(23)28-22)18-7-4-3-5-8-18/h3-5,7-8,10-13,15-16,20H,6,9,14H2,1-2H3/b13-11+/t20-/m1/s1. The lowest BCUT2D eigenvalue weighted by atomic mass is 9.91. The zero-order chi connectivity index (χ0) is 21.2. The zero-order valence-corrected chi connectivity index (χ0v) is 17.6. The molecule has 0 bridgehead atoms. The minimum Gasteiger partial charge on any atom is -0.479 e. The van der Waals surface area contributed by atoms with Crippen molar-refractivity contribution in [2.24, 2.45) is 0 Å². The Bertz CT molecular complexity index is 1220. The molecule has 0 amide bonds. The quantitative estimate of drug-likeness (QED) is 0.489. The molecule has 3 aromatic heterocycles. The van der Waals surface area contributed by atoms with Gasteiger partial charge in [0.05, 0.1) is 24.8 Å². The zero-order valence-electron chi connectivity index (χ0n) is 17.6. The minimum atomic E-state index is 0.292. The first-order chi connectivity index (χ1) is 15.2. The average molecular weight is 412 g/mol. The Morgan fingerprint density at radius 3 is 2.71 bits per heavy atom. The molecule has 1 atom stereocenters. The van der Waals surface area contributed by atoms with Crippen LogP contribution in [-0.2, 0) is 6.54 Å². The lowest BCUT2D eigenvalue weighted by molar-refractivity contribution is 0.395. The van der Waals surface area contributed by atoms with Crippen molar-refractivity contribution in [1.82, 2.24) is 29.3 Å². The van der Waals surface area contributed by atoms with Gasteiger partial charge in [-0.05, 0) is 49.6 Å². The van der Waals surface area contributed by atoms with Crippen LogP contribution in [0.2, 0.25) is 0 Å². The van der Waals surface area contributed by atoms with Gasteiger partial charge in [-0.25, -0.2) is 19.6 Å². The van der Waals surface area contributed by atoms with E-state index in [0.29, 0.717) is 17.6 Å². The Morgan fingerprint density at radius 2 is 1.94 bits per heavy atom. The summed E-state index contributed by atoms with van der Waals surface area (Å²) < 4.78 is 9.45. The maximum atomic E-state index is 5.50. The predicted molar refractivity (Wildman–Crippen MR) is 119 cm³/mol. The molecule has 0 radical (unpaired) electrons. The van der Waals surface area contributed by atoms with Crippen LogP contribution in [0.1, 0.15) is 47.4 Å². The number of imidazole rings is 1. The molecule has 1 aliphatic rings. The van der Waals surface area contributed by atoms with Crippen molar-refractivity contribution in [3.05, 3.63) is 83.6 Å². The number of methoxy groups -OCH3 is 1. The number of benzene rings is 1. The van der Waals surface area contributed by atoms with Crippen molar-refractivity contribution in [3.8, 4) is 11.6 Å². The highest BCUT2D eigenvalue weighted by atomic mass is 16.5. The molecule has 0 unspecified atom stereocenters. The van der Waals surface area contributed by atoms with Crippen molar-refractivity contribution in [2.45, 2.75) is 32.2 Å². The lowest BCUT2D eigenvalue weighted by Crippen LogP contribution is -2.17. The number of pyridine rings is 1. The fraction of sp³-hybridized carbons (Fsp3) is 0.250. The second-order valence-corrected chi connectivity index (χ2v) is 7.68. The van der Waals surface area contributed by atoms with Crippen LogP contribution < -0.4 is 4.74 Å². The Balaban J connectivity index is 1.41. The average Bonchev–Trinajstić information content (AvgIpc) is 3.43. The number of aromatic nitrogens is 6. The lowest BCUT2D eigenvalue weighted by Gasteiger charge is -2.22. The molecule has 0 aliphatic carbocycles. The molecule has 1 aromatic carbocycles. The third-order valence-electron chi connectivity index (χ3n) is 5.54. The Hall–Kier alpha value is -3.74. The normalized spacial score (nSPS) is 15.9. The van der Waals surface area contributed by atoms with Gasteiger partial charge in [-0.2, -0.15) is 5.10 Å². The van der Waals surface area contributed by atoms with E-state index >= 15 is 0 Å². The van der Waals surface area contributed by atoms with Crippen LogP contribution in [0.5, 0.6) is 5.88 Å². The van der Waals surface area contributed by atoms with Gasteiger partial charge in [-0.15, -0.1) is 0 Å². The van der Waals surface area contributed by atoms with Gasteiger partial charge in [-0.3, -0.25) is 0 Å². The van der Waals surface area contributed by atoms with Crippen LogP contribution in [0, 0.1) is 6.92 Å². The first kappa shape index (κ1) is 19.2. The van der Waals surface area contributed by atoms with E-state index in [1.54, 1.807) is 13.4 Å². The number of rotatable bonds is 5. The molecule has 1 aliphatic heterocycles. The molecule has 156 valence electrons. The highest BCUT2D eigenvalue weighted by Gasteiger charge is 2.25. The van der Waals surface area contributed by atoms with Gasteiger partial charge in [0.15, 0.2) is 5.82 Å². The van der Waals surface area contributed by atoms with Crippen molar-refractivity contribution >= 4 is 12.2 Å². The highest BCUT2D eigenvalue weighted by Crippen LogP contribution is 2.32. The van der Waals surface area contributed by atoms with E-state index in [4.69, 9.17) is 14.8 Å². The van der Waals surface area contributed by atoms with Gasteiger partial charge in [0.1, 0.15) is 11.5 Å². The van der Waals surface area contributed by atoms with Crippen LogP contribution in [0.3, 0.4) is 0 Å². The van der Waals surface area contributed by atoms with Gasteiger partial charge in [0.25, 0.3) is 0 Å². The first-order valence-corrected chi connectivity index (χ1v) is 10.4. The number of aryl methyl sites for hydroxylation is 2. The highest BCUT2D eigenvalue weighted by molar-refractivity contribution is 5.65. The predicted octanol–water partition coefficient (Wildman–Crippen LogP) is 4.27. The number of hydrogen-bond donors (Lipinski definition) is 0. The van der Waals surface area contributed by atoms with Crippen LogP contribution >= 0.6 is 0 Å². The fourth-order valence-corrected chi connectivity index (χ4v) is 4.04. The van der Waals surface area contributed by atoms with Crippen LogP contribution in [0.25, 0.3) is 17.8 Å². The van der Waals surface area contributed by atoms with Crippen molar-refractivity contribution in [2.75, 3.05) is 7.11 Å². The minimum absolute atomic E-state index is 0.292. The molecule has 0 fully saturated rings. The molecule has 4 heterocycles. The van der Waals surface area contributed by atoms with Gasteiger partial charge >= 0.3 is 0 Å². The van der Waals surface area contributed by atoms with E-state index in [1.807, 2.05) is 52.7 Å². The van der Waals surface area contributed by atoms with E-state index in [9.17, 15) is 0 Å². The Morgan fingerprint density at radius 1 is 1.06 bits per heavy atom. The van der Waals surface area contributed by atoms with E-state index in [0.717, 1.165) is 42.3 Å². The summed E-state index contributed by atoms with van der Waals surface area (Å²) in [5.74, 6) is 2.57. The van der Waals surface area contributed by atoms with E-state index in [-0.39, 0.29) is 0 Å². The topological polar surface area (TPSA) is 70.7 Å². The SMILES string of the molecule is COc1nc(/C=C/c2nc3n(n2)CCC[C@@H]3c2ccccc2)ccc1-n1cnc(C)c1. The summed E-state index contributed by atoms with van der Waals surface area (Å²) in [5.41, 5.74) is 3.86. The molecule has 31 heavy (non-hydrogen) atoms. The third kappa shape index (κ3) is 3.86. The number of ether oxygens (including phenoxy) is 1. The summed E-state index contributed by atoms with van der Waals surface area (Å²) >= 11 is 0. The molecule has 4 aromatic rings. The molecule has 0 saturated heterocycles. The van der Waals surface area contributed by atoms with E-state index in [2.05, 4.69) is 34.2 Å². The summed E-state index contributed by atoms with van der Waals surface area (Å²) in [5, 5.41) is 4.70. The second-order valence-electron chi connectivity index (χ2n) is 7.68. The number of hydrogen-bond acceptors (Lipinski definition) is 5. The largest absolute Gasteiger partial charge is 0.479 e. The molecular formula is C24H24N6O. The summed E-state index contributed by atoms with van der Waals surface area (Å²) in [6, 6.07) is 14.5. The number of nitrogens with zero attached hydrogens (tertiary/aromatic N) is 6. The summed E-state index contributed by atoms with van der Waals surface area (Å²) in [4.78, 5) is 13.7. The molecule has 7 heteroatoms. The summed E-state index contributed by atoms with van der Waals surface area (Å²) in [6.07, 6.45) is 9.73. The van der Waals surface area contributed by atoms with Gasteiger partial charge in [0.2, 0.25) is 5.88 Å². The van der Waals surface area contributed by atoms with E-state index < -0.39 is 0 Å². The molecular weight excluding hydrogens is 388 g/mol. The van der Waals surface area contributed by atoms with E-state index in [1.165, 1.54) is 5.56 Å². The van der Waals surface area contributed by atoms with Crippen LogP contribution in [0.15, 0.2) is 55.0 Å². The smallest absolute Gasteiger partial charge is 0.238 e. The molecule has 0 N–H and O–H groups in total. The van der Waals surface area contributed by atoms with Gasteiger partial charge in [-0.1, -0.05) is 30.3 Å². The third-order valence-corrected chi connectivity index (χ3v) is 5.54. The first-order valence-electron chi connectivity index (χ1n) is 10.4. The summed E-state index contributed by atoms with van der Waals surface area (Å²) in [7, 11) is 1.62. The Kier molecular flexibility index (Phi) is 5.08.